The maximum absolute atomic E-state index is 12.9. The molecule has 138 valence electrons. The lowest BCUT2D eigenvalue weighted by molar-refractivity contribution is -0.139. The number of hydrogen-bond donors (Lipinski definition) is 0. The largest absolute Gasteiger partial charge is 0.449 e. The van der Waals surface area contributed by atoms with Crippen molar-refractivity contribution in [1.82, 2.24) is 14.7 Å². The minimum absolute atomic E-state index is 0.0338. The van der Waals surface area contributed by atoms with Gasteiger partial charge < -0.3 is 19.4 Å². The first-order valence-corrected chi connectivity index (χ1v) is 9.15. The lowest BCUT2D eigenvalue weighted by Crippen LogP contribution is -2.59. The lowest BCUT2D eigenvalue weighted by Gasteiger charge is -2.43. The molecular weight excluding hydrogens is 334 g/mol. The Hall–Kier alpha value is -2.57. The summed E-state index contributed by atoms with van der Waals surface area (Å²) >= 11 is 0. The third-order valence-corrected chi connectivity index (χ3v) is 5.49. The number of rotatable bonds is 3. The van der Waals surface area contributed by atoms with Gasteiger partial charge >= 0.3 is 6.09 Å². The third kappa shape index (κ3) is 3.25. The van der Waals surface area contributed by atoms with E-state index in [9.17, 15) is 14.4 Å². The standard InChI is InChI=1S/C19H23N3O4/c23-17-10-15(12-21(17)11-14-4-2-1-3-5-14)18(24)20-7-8-22-16(13-20)6-9-26-19(22)25/h1-5,15-16H,6-13H2. The van der Waals surface area contributed by atoms with Gasteiger partial charge in [-0.15, -0.1) is 0 Å². The summed E-state index contributed by atoms with van der Waals surface area (Å²) in [6.07, 6.45) is 0.746. The number of benzene rings is 1. The van der Waals surface area contributed by atoms with Crippen molar-refractivity contribution in [3.63, 3.8) is 0 Å². The smallest absolute Gasteiger partial charge is 0.410 e. The molecule has 2 unspecified atom stereocenters. The second-order valence-electron chi connectivity index (χ2n) is 7.20. The van der Waals surface area contributed by atoms with Crippen molar-refractivity contribution in [3.8, 4) is 0 Å². The number of carbonyl (C=O) groups excluding carboxylic acids is 3. The second kappa shape index (κ2) is 6.97. The van der Waals surface area contributed by atoms with Crippen molar-refractivity contribution < 1.29 is 19.1 Å². The summed E-state index contributed by atoms with van der Waals surface area (Å²) in [6, 6.07) is 9.86. The van der Waals surface area contributed by atoms with E-state index >= 15 is 0 Å². The molecule has 3 heterocycles. The van der Waals surface area contributed by atoms with Crippen LogP contribution in [0.15, 0.2) is 30.3 Å². The van der Waals surface area contributed by atoms with Crippen LogP contribution in [-0.2, 0) is 20.9 Å². The van der Waals surface area contributed by atoms with Crippen LogP contribution in [0.1, 0.15) is 18.4 Å². The van der Waals surface area contributed by atoms with Crippen LogP contribution in [0.5, 0.6) is 0 Å². The summed E-state index contributed by atoms with van der Waals surface area (Å²) < 4.78 is 5.06. The molecule has 3 aliphatic rings. The van der Waals surface area contributed by atoms with Crippen molar-refractivity contribution in [3.05, 3.63) is 35.9 Å². The number of fused-ring (bicyclic) bond motifs is 1. The van der Waals surface area contributed by atoms with Crippen LogP contribution in [0, 0.1) is 5.92 Å². The Morgan fingerprint density at radius 2 is 1.92 bits per heavy atom. The fourth-order valence-electron chi connectivity index (χ4n) is 4.06. The highest BCUT2D eigenvalue weighted by molar-refractivity contribution is 5.89. The predicted molar refractivity (Wildman–Crippen MR) is 93.0 cm³/mol. The topological polar surface area (TPSA) is 70.2 Å². The average Bonchev–Trinajstić information content (AvgIpc) is 3.02. The van der Waals surface area contributed by atoms with Gasteiger partial charge in [0.25, 0.3) is 0 Å². The molecule has 0 saturated carbocycles. The molecule has 0 spiro atoms. The zero-order valence-electron chi connectivity index (χ0n) is 14.7. The number of amides is 3. The van der Waals surface area contributed by atoms with Crippen LogP contribution in [0.2, 0.25) is 0 Å². The first-order chi connectivity index (χ1) is 12.6. The molecule has 7 heteroatoms. The van der Waals surface area contributed by atoms with Gasteiger partial charge in [0.05, 0.1) is 18.6 Å². The van der Waals surface area contributed by atoms with Crippen LogP contribution >= 0.6 is 0 Å². The highest BCUT2D eigenvalue weighted by Gasteiger charge is 2.41. The Morgan fingerprint density at radius 1 is 1.12 bits per heavy atom. The molecule has 26 heavy (non-hydrogen) atoms. The van der Waals surface area contributed by atoms with Gasteiger partial charge in [0.15, 0.2) is 0 Å². The highest BCUT2D eigenvalue weighted by atomic mass is 16.6. The number of likely N-dealkylation sites (tertiary alicyclic amines) is 1. The van der Waals surface area contributed by atoms with Crippen LogP contribution in [0.4, 0.5) is 4.79 Å². The molecular formula is C19H23N3O4. The van der Waals surface area contributed by atoms with E-state index < -0.39 is 0 Å². The molecule has 3 fully saturated rings. The van der Waals surface area contributed by atoms with Gasteiger partial charge in [0.1, 0.15) is 0 Å². The molecule has 3 aliphatic heterocycles. The molecule has 2 atom stereocenters. The van der Waals surface area contributed by atoms with E-state index in [-0.39, 0.29) is 36.3 Å². The highest BCUT2D eigenvalue weighted by Crippen LogP contribution is 2.25. The molecule has 3 amide bonds. The van der Waals surface area contributed by atoms with Crippen molar-refractivity contribution in [1.29, 1.82) is 0 Å². The molecule has 0 bridgehead atoms. The number of cyclic esters (lactones) is 1. The number of hydrogen-bond acceptors (Lipinski definition) is 4. The van der Waals surface area contributed by atoms with E-state index in [2.05, 4.69) is 0 Å². The van der Waals surface area contributed by atoms with E-state index in [1.165, 1.54) is 0 Å². The molecule has 1 aromatic carbocycles. The minimum Gasteiger partial charge on any atom is -0.449 e. The third-order valence-electron chi connectivity index (χ3n) is 5.49. The number of piperazine rings is 1. The van der Waals surface area contributed by atoms with Crippen molar-refractivity contribution >= 4 is 17.9 Å². The van der Waals surface area contributed by atoms with Gasteiger partial charge in [0.2, 0.25) is 11.8 Å². The number of carbonyl (C=O) groups is 3. The Labute approximate surface area is 152 Å². The summed E-state index contributed by atoms with van der Waals surface area (Å²) in [4.78, 5) is 42.3. The van der Waals surface area contributed by atoms with Crippen molar-refractivity contribution in [2.24, 2.45) is 5.92 Å². The van der Waals surface area contributed by atoms with Gasteiger partial charge in [-0.3, -0.25) is 9.59 Å². The Bertz CT molecular complexity index is 708. The summed E-state index contributed by atoms with van der Waals surface area (Å²) in [5, 5.41) is 0. The van der Waals surface area contributed by atoms with E-state index in [1.54, 1.807) is 9.80 Å². The molecule has 3 saturated heterocycles. The Morgan fingerprint density at radius 3 is 2.73 bits per heavy atom. The van der Waals surface area contributed by atoms with Crippen LogP contribution in [-0.4, -0.2) is 71.4 Å². The summed E-state index contributed by atoms with van der Waals surface area (Å²) in [5.41, 5.74) is 1.07. The fraction of sp³-hybridized carbons (Fsp3) is 0.526. The average molecular weight is 357 g/mol. The molecule has 0 N–H and O–H groups in total. The van der Waals surface area contributed by atoms with Gasteiger partial charge in [-0.2, -0.15) is 0 Å². The van der Waals surface area contributed by atoms with Gasteiger partial charge in [-0.1, -0.05) is 30.3 Å². The van der Waals surface area contributed by atoms with Gasteiger partial charge in [-0.05, 0) is 5.56 Å². The first kappa shape index (κ1) is 16.9. The second-order valence-corrected chi connectivity index (χ2v) is 7.20. The van der Waals surface area contributed by atoms with Gasteiger partial charge in [0, 0.05) is 45.6 Å². The molecule has 7 nitrogen and oxygen atoms in total. The van der Waals surface area contributed by atoms with Crippen LogP contribution < -0.4 is 0 Å². The molecule has 0 aromatic heterocycles. The quantitative estimate of drug-likeness (QED) is 0.812. The van der Waals surface area contributed by atoms with Crippen molar-refractivity contribution in [2.75, 3.05) is 32.8 Å². The van der Waals surface area contributed by atoms with E-state index in [1.807, 2.05) is 35.2 Å². The zero-order chi connectivity index (χ0) is 18.1. The number of ether oxygens (including phenoxy) is 1. The molecule has 1 aromatic rings. The van der Waals surface area contributed by atoms with Crippen LogP contribution in [0.3, 0.4) is 0 Å². The summed E-state index contributed by atoms with van der Waals surface area (Å²) in [7, 11) is 0. The normalized spacial score (nSPS) is 25.9. The summed E-state index contributed by atoms with van der Waals surface area (Å²) in [6.45, 7) is 2.98. The Balaban J connectivity index is 1.37. The first-order valence-electron chi connectivity index (χ1n) is 9.15. The SMILES string of the molecule is O=C1CC(C(=O)N2CCN3C(=O)OCCC3C2)CN1Cc1ccccc1. The molecule has 0 aliphatic carbocycles. The predicted octanol–water partition coefficient (Wildman–Crippen LogP) is 1.09. The monoisotopic (exact) mass is 357 g/mol. The maximum Gasteiger partial charge on any atom is 0.410 e. The fourth-order valence-corrected chi connectivity index (χ4v) is 4.06. The van der Waals surface area contributed by atoms with Crippen molar-refractivity contribution in [2.45, 2.75) is 25.4 Å². The lowest BCUT2D eigenvalue weighted by atomic mass is 10.0. The van der Waals surface area contributed by atoms with E-state index in [0.29, 0.717) is 39.3 Å². The maximum atomic E-state index is 12.9. The summed E-state index contributed by atoms with van der Waals surface area (Å²) in [5.74, 6) is -0.215. The Kier molecular flexibility index (Phi) is 4.53. The van der Waals surface area contributed by atoms with E-state index in [0.717, 1.165) is 12.0 Å². The molecule has 0 radical (unpaired) electrons. The minimum atomic E-state index is -0.284. The number of nitrogens with zero attached hydrogens (tertiary/aromatic N) is 3. The van der Waals surface area contributed by atoms with E-state index in [4.69, 9.17) is 4.74 Å². The molecule has 4 rings (SSSR count). The van der Waals surface area contributed by atoms with Gasteiger partial charge in [-0.25, -0.2) is 4.79 Å². The van der Waals surface area contributed by atoms with Crippen LogP contribution in [0.25, 0.3) is 0 Å². The zero-order valence-corrected chi connectivity index (χ0v) is 14.7.